The normalized spacial score (nSPS) is 10.5. The molecule has 0 aliphatic rings. The third-order valence-corrected chi connectivity index (χ3v) is 4.37. The van der Waals surface area contributed by atoms with E-state index < -0.39 is 0 Å². The molecule has 0 aliphatic carbocycles. The number of amides is 1. The molecule has 0 bridgehead atoms. The molecule has 0 heterocycles. The van der Waals surface area contributed by atoms with E-state index in [-0.39, 0.29) is 5.91 Å². The number of benzene rings is 2. The van der Waals surface area contributed by atoms with E-state index in [1.54, 1.807) is 24.1 Å². The van der Waals surface area contributed by atoms with Gasteiger partial charge in [-0.15, -0.1) is 0 Å². The predicted molar refractivity (Wildman–Crippen MR) is 90.8 cm³/mol. The molecule has 21 heavy (non-hydrogen) atoms. The van der Waals surface area contributed by atoms with E-state index in [9.17, 15) is 4.79 Å². The molecule has 0 fully saturated rings. The molecule has 2 nitrogen and oxygen atoms in total. The van der Waals surface area contributed by atoms with Gasteiger partial charge in [-0.05, 0) is 35.4 Å². The zero-order valence-corrected chi connectivity index (χ0v) is 14.5. The van der Waals surface area contributed by atoms with Crippen LogP contribution in [0.4, 0.5) is 0 Å². The largest absolute Gasteiger partial charge is 0.341 e. The molecule has 0 aliphatic heterocycles. The van der Waals surface area contributed by atoms with E-state index in [4.69, 9.17) is 23.2 Å². The molecule has 0 atom stereocenters. The minimum Gasteiger partial charge on any atom is -0.341 e. The average molecular weight is 387 g/mol. The molecule has 0 aromatic heterocycles. The first-order valence-electron chi connectivity index (χ1n) is 6.38. The number of hydrogen-bond acceptors (Lipinski definition) is 1. The summed E-state index contributed by atoms with van der Waals surface area (Å²) in [6.45, 7) is 0.506. The molecule has 0 spiro atoms. The SMILES string of the molecule is CN(Cc1ccc(Cl)c(Cl)c1)C(=O)Cc1ccc(Br)cc1. The summed E-state index contributed by atoms with van der Waals surface area (Å²) >= 11 is 15.2. The maximum atomic E-state index is 12.2. The van der Waals surface area contributed by atoms with Crippen LogP contribution in [0.3, 0.4) is 0 Å². The lowest BCUT2D eigenvalue weighted by Gasteiger charge is -2.17. The zero-order valence-electron chi connectivity index (χ0n) is 11.4. The Balaban J connectivity index is 1.98. The molecule has 0 saturated heterocycles. The highest BCUT2D eigenvalue weighted by molar-refractivity contribution is 9.10. The Morgan fingerprint density at radius 2 is 1.67 bits per heavy atom. The van der Waals surface area contributed by atoms with Crippen molar-refractivity contribution in [3.63, 3.8) is 0 Å². The minimum absolute atomic E-state index is 0.0587. The quantitative estimate of drug-likeness (QED) is 0.727. The Bertz CT molecular complexity index is 643. The average Bonchev–Trinajstić information content (AvgIpc) is 2.45. The van der Waals surface area contributed by atoms with E-state index >= 15 is 0 Å². The lowest BCUT2D eigenvalue weighted by molar-refractivity contribution is -0.129. The molecular formula is C16H14BrCl2NO. The summed E-state index contributed by atoms with van der Waals surface area (Å²) in [5.74, 6) is 0.0587. The highest BCUT2D eigenvalue weighted by atomic mass is 79.9. The summed E-state index contributed by atoms with van der Waals surface area (Å²) in [5, 5.41) is 1.02. The number of halogens is 3. The summed E-state index contributed by atoms with van der Waals surface area (Å²) in [7, 11) is 1.78. The second kappa shape index (κ2) is 7.30. The van der Waals surface area contributed by atoms with Gasteiger partial charge in [-0.25, -0.2) is 0 Å². The molecule has 0 saturated carbocycles. The standard InChI is InChI=1S/C16H14BrCl2NO/c1-20(10-12-4-7-14(18)15(19)8-12)16(21)9-11-2-5-13(17)6-3-11/h2-8H,9-10H2,1H3. The third kappa shape index (κ3) is 4.73. The van der Waals surface area contributed by atoms with Crippen molar-refractivity contribution in [3.8, 4) is 0 Å². The van der Waals surface area contributed by atoms with Gasteiger partial charge in [0.2, 0.25) is 5.91 Å². The maximum Gasteiger partial charge on any atom is 0.227 e. The topological polar surface area (TPSA) is 20.3 Å². The second-order valence-corrected chi connectivity index (χ2v) is 6.53. The van der Waals surface area contributed by atoms with Crippen LogP contribution in [0.1, 0.15) is 11.1 Å². The van der Waals surface area contributed by atoms with Gasteiger partial charge in [0.25, 0.3) is 0 Å². The van der Waals surface area contributed by atoms with Crippen molar-refractivity contribution in [1.29, 1.82) is 0 Å². The molecule has 0 N–H and O–H groups in total. The van der Waals surface area contributed by atoms with Crippen LogP contribution in [0, 0.1) is 0 Å². The lowest BCUT2D eigenvalue weighted by atomic mass is 10.1. The van der Waals surface area contributed by atoms with E-state index in [1.165, 1.54) is 0 Å². The van der Waals surface area contributed by atoms with Gasteiger partial charge in [0.1, 0.15) is 0 Å². The van der Waals surface area contributed by atoms with Gasteiger partial charge in [0, 0.05) is 18.1 Å². The molecule has 0 unspecified atom stereocenters. The van der Waals surface area contributed by atoms with Gasteiger partial charge in [-0.1, -0.05) is 57.3 Å². The summed E-state index contributed by atoms with van der Waals surface area (Å²) in [4.78, 5) is 13.9. The van der Waals surface area contributed by atoms with Gasteiger partial charge in [0.05, 0.1) is 16.5 Å². The van der Waals surface area contributed by atoms with Gasteiger partial charge in [-0.3, -0.25) is 4.79 Å². The van der Waals surface area contributed by atoms with Crippen molar-refractivity contribution in [2.75, 3.05) is 7.05 Å². The number of rotatable bonds is 4. The summed E-state index contributed by atoms with van der Waals surface area (Å²) in [6.07, 6.45) is 0.380. The first-order valence-corrected chi connectivity index (χ1v) is 7.93. The van der Waals surface area contributed by atoms with Crippen molar-refractivity contribution < 1.29 is 4.79 Å². The summed E-state index contributed by atoms with van der Waals surface area (Å²) in [5.41, 5.74) is 1.94. The van der Waals surface area contributed by atoms with Crippen molar-refractivity contribution >= 4 is 45.0 Å². The Morgan fingerprint density at radius 3 is 2.29 bits per heavy atom. The maximum absolute atomic E-state index is 12.2. The minimum atomic E-state index is 0.0587. The predicted octanol–water partition coefficient (Wildman–Crippen LogP) is 4.96. The number of hydrogen-bond donors (Lipinski definition) is 0. The monoisotopic (exact) mass is 385 g/mol. The fourth-order valence-electron chi connectivity index (χ4n) is 1.91. The number of likely N-dealkylation sites (N-methyl/N-ethyl adjacent to an activating group) is 1. The van der Waals surface area contributed by atoms with E-state index in [0.717, 1.165) is 15.6 Å². The fraction of sp³-hybridized carbons (Fsp3) is 0.188. The van der Waals surface area contributed by atoms with Crippen LogP contribution in [0.15, 0.2) is 46.9 Å². The van der Waals surface area contributed by atoms with Gasteiger partial charge in [0.15, 0.2) is 0 Å². The van der Waals surface area contributed by atoms with Gasteiger partial charge in [-0.2, -0.15) is 0 Å². The Kier molecular flexibility index (Phi) is 5.68. The fourth-order valence-corrected chi connectivity index (χ4v) is 2.50. The summed E-state index contributed by atoms with van der Waals surface area (Å²) in [6, 6.07) is 13.1. The molecule has 1 amide bonds. The Labute approximate surface area is 142 Å². The molecular weight excluding hydrogens is 373 g/mol. The molecule has 2 aromatic rings. The highest BCUT2D eigenvalue weighted by Crippen LogP contribution is 2.23. The molecule has 5 heteroatoms. The lowest BCUT2D eigenvalue weighted by Crippen LogP contribution is -2.27. The van der Waals surface area contributed by atoms with Crippen molar-refractivity contribution in [2.45, 2.75) is 13.0 Å². The molecule has 0 radical (unpaired) electrons. The number of carbonyl (C=O) groups is 1. The second-order valence-electron chi connectivity index (χ2n) is 4.80. The van der Waals surface area contributed by atoms with Crippen LogP contribution in [-0.4, -0.2) is 17.9 Å². The van der Waals surface area contributed by atoms with Crippen LogP contribution in [0.25, 0.3) is 0 Å². The summed E-state index contributed by atoms with van der Waals surface area (Å²) < 4.78 is 1.00. The first-order chi connectivity index (χ1) is 9.95. The highest BCUT2D eigenvalue weighted by Gasteiger charge is 2.11. The van der Waals surface area contributed by atoms with E-state index in [2.05, 4.69) is 15.9 Å². The zero-order chi connectivity index (χ0) is 15.4. The van der Waals surface area contributed by atoms with Gasteiger partial charge < -0.3 is 4.90 Å². The van der Waals surface area contributed by atoms with Crippen molar-refractivity contribution in [2.24, 2.45) is 0 Å². The third-order valence-electron chi connectivity index (χ3n) is 3.10. The smallest absolute Gasteiger partial charge is 0.227 e. The molecule has 2 rings (SSSR count). The van der Waals surface area contributed by atoms with E-state index in [1.807, 2.05) is 30.3 Å². The van der Waals surface area contributed by atoms with Crippen LogP contribution in [-0.2, 0) is 17.8 Å². The van der Waals surface area contributed by atoms with Crippen LogP contribution < -0.4 is 0 Å². The molecule has 110 valence electrons. The van der Waals surface area contributed by atoms with Crippen LogP contribution in [0.5, 0.6) is 0 Å². The van der Waals surface area contributed by atoms with Crippen LogP contribution >= 0.6 is 39.1 Å². The molecule has 2 aromatic carbocycles. The van der Waals surface area contributed by atoms with Crippen molar-refractivity contribution in [3.05, 3.63) is 68.1 Å². The van der Waals surface area contributed by atoms with Crippen LogP contribution in [0.2, 0.25) is 10.0 Å². The Hall–Kier alpha value is -1.03. The van der Waals surface area contributed by atoms with Crippen molar-refractivity contribution in [1.82, 2.24) is 4.90 Å². The number of nitrogens with zero attached hydrogens (tertiary/aromatic N) is 1. The first kappa shape index (κ1) is 16.3. The van der Waals surface area contributed by atoms with Gasteiger partial charge >= 0.3 is 0 Å². The van der Waals surface area contributed by atoms with E-state index in [0.29, 0.717) is 23.0 Å². The Morgan fingerprint density at radius 1 is 1.05 bits per heavy atom. The number of carbonyl (C=O) groups excluding carboxylic acids is 1.